The third-order valence-corrected chi connectivity index (χ3v) is 6.20. The predicted octanol–water partition coefficient (Wildman–Crippen LogP) is 4.41. The number of amides is 1. The molecule has 6 heteroatoms. The van der Waals surface area contributed by atoms with Gasteiger partial charge < -0.3 is 10.1 Å². The fraction of sp³-hybridized carbons (Fsp3) is 0.348. The SMILES string of the molecule is N#CC1(NC(=O)COC(=O)[C@@H](Sc2ccccc2)c2ccccc2)CCCCC1. The Kier molecular flexibility index (Phi) is 7.31. The molecular weight excluding hydrogens is 384 g/mol. The Bertz CT molecular complexity index is 859. The van der Waals surface area contributed by atoms with Gasteiger partial charge in [0.1, 0.15) is 10.8 Å². The highest BCUT2D eigenvalue weighted by Crippen LogP contribution is 2.36. The molecule has 1 fully saturated rings. The molecule has 150 valence electrons. The number of nitrogens with one attached hydrogen (secondary N) is 1. The number of hydrogen-bond donors (Lipinski definition) is 1. The third kappa shape index (κ3) is 5.85. The molecule has 1 aliphatic rings. The van der Waals surface area contributed by atoms with E-state index < -0.39 is 22.7 Å². The third-order valence-electron chi connectivity index (χ3n) is 4.96. The summed E-state index contributed by atoms with van der Waals surface area (Å²) in [5.74, 6) is -0.909. The van der Waals surface area contributed by atoms with Gasteiger partial charge in [-0.3, -0.25) is 9.59 Å². The molecule has 2 aromatic carbocycles. The zero-order valence-electron chi connectivity index (χ0n) is 16.2. The highest BCUT2D eigenvalue weighted by molar-refractivity contribution is 8.00. The van der Waals surface area contributed by atoms with Gasteiger partial charge in [0.25, 0.3) is 5.91 Å². The van der Waals surface area contributed by atoms with Gasteiger partial charge in [0, 0.05) is 4.90 Å². The fourth-order valence-electron chi connectivity index (χ4n) is 3.45. The molecule has 0 aliphatic heterocycles. The van der Waals surface area contributed by atoms with Gasteiger partial charge in [0.05, 0.1) is 6.07 Å². The number of carbonyl (C=O) groups excluding carboxylic acids is 2. The summed E-state index contributed by atoms with van der Waals surface area (Å²) in [6.45, 7) is -0.388. The van der Waals surface area contributed by atoms with Gasteiger partial charge >= 0.3 is 5.97 Å². The highest BCUT2D eigenvalue weighted by atomic mass is 32.2. The van der Waals surface area contributed by atoms with Crippen LogP contribution in [0, 0.1) is 11.3 Å². The van der Waals surface area contributed by atoms with E-state index in [2.05, 4.69) is 11.4 Å². The first-order valence-corrected chi connectivity index (χ1v) is 10.7. The Morgan fingerprint density at radius 2 is 1.66 bits per heavy atom. The second kappa shape index (κ2) is 10.1. The Labute approximate surface area is 175 Å². The minimum Gasteiger partial charge on any atom is -0.454 e. The first kappa shape index (κ1) is 20.9. The molecule has 29 heavy (non-hydrogen) atoms. The lowest BCUT2D eigenvalue weighted by Gasteiger charge is -2.31. The first-order valence-electron chi connectivity index (χ1n) is 9.77. The molecule has 5 nitrogen and oxygen atoms in total. The van der Waals surface area contributed by atoms with Crippen molar-refractivity contribution in [2.75, 3.05) is 6.61 Å². The van der Waals surface area contributed by atoms with Crippen LogP contribution in [0.3, 0.4) is 0 Å². The Morgan fingerprint density at radius 3 is 2.28 bits per heavy atom. The molecule has 0 radical (unpaired) electrons. The number of nitrogens with zero attached hydrogens (tertiary/aromatic N) is 1. The van der Waals surface area contributed by atoms with Crippen LogP contribution in [0.2, 0.25) is 0 Å². The molecule has 3 rings (SSSR count). The van der Waals surface area contributed by atoms with Gasteiger partial charge in [0.2, 0.25) is 0 Å². The molecule has 0 bridgehead atoms. The fourth-order valence-corrected chi connectivity index (χ4v) is 4.49. The number of thioether (sulfide) groups is 1. The first-order chi connectivity index (χ1) is 14.1. The summed E-state index contributed by atoms with van der Waals surface area (Å²) >= 11 is 1.38. The summed E-state index contributed by atoms with van der Waals surface area (Å²) in [7, 11) is 0. The average molecular weight is 409 g/mol. The van der Waals surface area contributed by atoms with E-state index in [9.17, 15) is 14.9 Å². The van der Waals surface area contributed by atoms with Crippen molar-refractivity contribution in [3.63, 3.8) is 0 Å². The van der Waals surface area contributed by atoms with E-state index >= 15 is 0 Å². The van der Waals surface area contributed by atoms with Gasteiger partial charge in [-0.25, -0.2) is 0 Å². The standard InChI is InChI=1S/C23H24N2O3S/c24-17-23(14-8-3-9-15-23)25-20(26)16-28-22(27)21(18-10-4-1-5-11-18)29-19-12-6-2-7-13-19/h1-2,4-7,10-13,21H,3,8-9,14-16H2,(H,25,26)/t21-/m0/s1. The second-order valence-corrected chi connectivity index (χ2v) is 8.31. The van der Waals surface area contributed by atoms with Crippen LogP contribution < -0.4 is 5.32 Å². The molecule has 0 aromatic heterocycles. The highest BCUT2D eigenvalue weighted by Gasteiger charge is 2.34. The van der Waals surface area contributed by atoms with Crippen molar-refractivity contribution in [3.8, 4) is 6.07 Å². The van der Waals surface area contributed by atoms with Crippen LogP contribution in [0.15, 0.2) is 65.6 Å². The van der Waals surface area contributed by atoms with Crippen molar-refractivity contribution < 1.29 is 14.3 Å². The lowest BCUT2D eigenvalue weighted by Crippen LogP contribution is -2.50. The molecule has 1 saturated carbocycles. The number of rotatable bonds is 7. The Morgan fingerprint density at radius 1 is 1.03 bits per heavy atom. The Balaban J connectivity index is 1.64. The summed E-state index contributed by atoms with van der Waals surface area (Å²) in [6.07, 6.45) is 4.18. The molecule has 1 atom stereocenters. The number of nitriles is 1. The van der Waals surface area contributed by atoms with Crippen LogP contribution in [0.25, 0.3) is 0 Å². The largest absolute Gasteiger partial charge is 0.454 e. The maximum Gasteiger partial charge on any atom is 0.324 e. The molecule has 1 aliphatic carbocycles. The summed E-state index contributed by atoms with van der Waals surface area (Å²) < 4.78 is 5.34. The number of benzene rings is 2. The molecular formula is C23H24N2O3S. The second-order valence-electron chi connectivity index (χ2n) is 7.13. The van der Waals surface area contributed by atoms with Crippen molar-refractivity contribution in [2.45, 2.75) is 47.8 Å². The molecule has 0 unspecified atom stereocenters. The number of ether oxygens (including phenoxy) is 1. The lowest BCUT2D eigenvalue weighted by molar-refractivity contribution is -0.148. The van der Waals surface area contributed by atoms with Crippen LogP contribution in [0.4, 0.5) is 0 Å². The van der Waals surface area contributed by atoms with E-state index in [1.165, 1.54) is 11.8 Å². The van der Waals surface area contributed by atoms with Crippen LogP contribution in [0.1, 0.15) is 42.9 Å². The predicted molar refractivity (Wildman–Crippen MR) is 112 cm³/mol. The van der Waals surface area contributed by atoms with E-state index in [4.69, 9.17) is 4.74 Å². The maximum atomic E-state index is 12.8. The van der Waals surface area contributed by atoms with Crippen LogP contribution in [-0.2, 0) is 14.3 Å². The molecule has 2 aromatic rings. The molecule has 0 saturated heterocycles. The molecule has 0 heterocycles. The van der Waals surface area contributed by atoms with E-state index in [1.807, 2.05) is 60.7 Å². The number of esters is 1. The zero-order valence-corrected chi connectivity index (χ0v) is 17.0. The Hall–Kier alpha value is -2.78. The molecule has 1 N–H and O–H groups in total. The van der Waals surface area contributed by atoms with E-state index in [0.29, 0.717) is 12.8 Å². The van der Waals surface area contributed by atoms with Crippen LogP contribution in [-0.4, -0.2) is 24.0 Å². The van der Waals surface area contributed by atoms with Crippen molar-refractivity contribution >= 4 is 23.6 Å². The van der Waals surface area contributed by atoms with Crippen molar-refractivity contribution in [1.29, 1.82) is 5.26 Å². The minimum atomic E-state index is -0.834. The van der Waals surface area contributed by atoms with Gasteiger partial charge in [-0.15, -0.1) is 11.8 Å². The number of hydrogen-bond acceptors (Lipinski definition) is 5. The maximum absolute atomic E-state index is 12.8. The molecule has 1 amide bonds. The zero-order chi connectivity index (χ0) is 20.5. The van der Waals surface area contributed by atoms with Gasteiger partial charge in [-0.1, -0.05) is 67.8 Å². The topological polar surface area (TPSA) is 79.2 Å². The summed E-state index contributed by atoms with van der Waals surface area (Å²) in [5.41, 5.74) is -0.0214. The summed E-state index contributed by atoms with van der Waals surface area (Å²) in [4.78, 5) is 26.1. The van der Waals surface area contributed by atoms with E-state index in [1.54, 1.807) is 0 Å². The van der Waals surface area contributed by atoms with Crippen molar-refractivity contribution in [3.05, 3.63) is 66.2 Å². The van der Waals surface area contributed by atoms with Gasteiger partial charge in [0.15, 0.2) is 6.61 Å². The van der Waals surface area contributed by atoms with Crippen LogP contribution >= 0.6 is 11.8 Å². The molecule has 0 spiro atoms. The minimum absolute atomic E-state index is 0.388. The quantitative estimate of drug-likeness (QED) is 0.542. The average Bonchev–Trinajstić information content (AvgIpc) is 2.78. The van der Waals surface area contributed by atoms with E-state index in [0.717, 1.165) is 29.7 Å². The summed E-state index contributed by atoms with van der Waals surface area (Å²) in [5, 5.41) is 11.7. The van der Waals surface area contributed by atoms with Gasteiger partial charge in [-0.2, -0.15) is 5.26 Å². The van der Waals surface area contributed by atoms with Crippen molar-refractivity contribution in [2.24, 2.45) is 0 Å². The van der Waals surface area contributed by atoms with Crippen molar-refractivity contribution in [1.82, 2.24) is 5.32 Å². The smallest absolute Gasteiger partial charge is 0.324 e. The van der Waals surface area contributed by atoms with E-state index in [-0.39, 0.29) is 6.61 Å². The summed E-state index contributed by atoms with van der Waals surface area (Å²) in [6, 6.07) is 21.2. The van der Waals surface area contributed by atoms with Gasteiger partial charge in [-0.05, 0) is 30.5 Å². The monoisotopic (exact) mass is 408 g/mol. The normalized spacial score (nSPS) is 16.2. The number of carbonyl (C=O) groups is 2. The van der Waals surface area contributed by atoms with Crippen LogP contribution in [0.5, 0.6) is 0 Å². The lowest BCUT2D eigenvalue weighted by atomic mass is 9.83.